The van der Waals surface area contributed by atoms with E-state index in [9.17, 15) is 10.0 Å². The van der Waals surface area contributed by atoms with E-state index in [1.165, 1.54) is 12.6 Å². The van der Waals surface area contributed by atoms with E-state index < -0.39 is 5.97 Å². The number of esters is 1. The van der Waals surface area contributed by atoms with E-state index in [4.69, 9.17) is 9.47 Å². The number of carbonyl (C=O) groups is 1. The number of thiophene rings is 1. The number of fused-ring (bicyclic) bond motifs is 1. The van der Waals surface area contributed by atoms with Gasteiger partial charge in [-0.05, 0) is 65.3 Å². The average molecular weight is 449 g/mol. The summed E-state index contributed by atoms with van der Waals surface area (Å²) >= 11 is 1.55. The second-order valence-electron chi connectivity index (χ2n) is 7.46. The highest BCUT2D eigenvalue weighted by Crippen LogP contribution is 2.41. The van der Waals surface area contributed by atoms with Crippen molar-refractivity contribution in [3.63, 3.8) is 0 Å². The van der Waals surface area contributed by atoms with Gasteiger partial charge in [-0.2, -0.15) is 0 Å². The largest absolute Gasteiger partial charge is 0.494 e. The molecule has 164 valence electrons. The van der Waals surface area contributed by atoms with Crippen LogP contribution in [0.4, 0.5) is 0 Å². The van der Waals surface area contributed by atoms with Crippen molar-refractivity contribution in [2.24, 2.45) is 0 Å². The topological polar surface area (TPSA) is 58.8 Å². The van der Waals surface area contributed by atoms with Gasteiger partial charge in [0.2, 0.25) is 0 Å². The Morgan fingerprint density at radius 1 is 1.06 bits per heavy atom. The van der Waals surface area contributed by atoms with Crippen LogP contribution in [0.5, 0.6) is 5.75 Å². The predicted molar refractivity (Wildman–Crippen MR) is 126 cm³/mol. The highest BCUT2D eigenvalue weighted by Gasteiger charge is 2.40. The normalized spacial score (nSPS) is 14.3. The summed E-state index contributed by atoms with van der Waals surface area (Å²) in [4.78, 5) is 13.8. The minimum absolute atomic E-state index is 0.259. The smallest absolute Gasteiger partial charge is 0.345 e. The SMILES string of the molecule is CCOC(=O)C1=C(c2cccs2)c2ccc(OCCCc3ccccc3)cc2/C1=[N+](/C)O. The van der Waals surface area contributed by atoms with Crippen LogP contribution in [0.3, 0.4) is 0 Å². The number of hydrogen-bond donors (Lipinski definition) is 1. The molecule has 1 aliphatic carbocycles. The number of hydroxylamine groups is 1. The number of carbonyl (C=O) groups excluding carboxylic acids is 1. The first kappa shape index (κ1) is 21.8. The third kappa shape index (κ3) is 4.46. The first-order chi connectivity index (χ1) is 15.6. The van der Waals surface area contributed by atoms with E-state index in [1.54, 1.807) is 18.3 Å². The molecule has 5 nitrogen and oxygen atoms in total. The van der Waals surface area contributed by atoms with Gasteiger partial charge in [0.15, 0.2) is 7.05 Å². The number of hydrogen-bond acceptors (Lipinski definition) is 5. The van der Waals surface area contributed by atoms with Gasteiger partial charge in [-0.1, -0.05) is 36.4 Å². The van der Waals surface area contributed by atoms with Crippen LogP contribution in [-0.2, 0) is 16.0 Å². The summed E-state index contributed by atoms with van der Waals surface area (Å²) in [7, 11) is 1.52. The quantitative estimate of drug-likeness (QED) is 0.174. The van der Waals surface area contributed by atoms with E-state index in [0.29, 0.717) is 23.6 Å². The average Bonchev–Trinajstić information content (AvgIpc) is 3.43. The molecule has 3 aromatic rings. The molecule has 1 aliphatic rings. The lowest BCUT2D eigenvalue weighted by Gasteiger charge is -2.09. The zero-order chi connectivity index (χ0) is 22.5. The van der Waals surface area contributed by atoms with E-state index in [-0.39, 0.29) is 6.61 Å². The first-order valence-electron chi connectivity index (χ1n) is 10.7. The summed E-state index contributed by atoms with van der Waals surface area (Å²) in [5.74, 6) is 0.250. The molecule has 1 aromatic heterocycles. The summed E-state index contributed by atoms with van der Waals surface area (Å²) in [6.45, 7) is 2.61. The van der Waals surface area contributed by atoms with Crippen LogP contribution in [0.15, 0.2) is 71.6 Å². The Morgan fingerprint density at radius 2 is 1.88 bits per heavy atom. The van der Waals surface area contributed by atoms with Crippen LogP contribution in [0.1, 0.15) is 34.9 Å². The fraction of sp³-hybridized carbons (Fsp3) is 0.231. The van der Waals surface area contributed by atoms with E-state index in [1.807, 2.05) is 53.9 Å². The third-order valence-corrected chi connectivity index (χ3v) is 6.18. The van der Waals surface area contributed by atoms with Gasteiger partial charge >= 0.3 is 5.97 Å². The zero-order valence-electron chi connectivity index (χ0n) is 18.2. The Hall–Kier alpha value is -3.38. The van der Waals surface area contributed by atoms with Crippen LogP contribution < -0.4 is 4.74 Å². The van der Waals surface area contributed by atoms with Crippen molar-refractivity contribution < 1.29 is 24.2 Å². The standard InChI is InChI=1S/C26H26NO4S/c1-3-30-26(28)24-23(22-12-8-16-32-22)20-14-13-19(17-21(20)25(24)27(2)29)31-15-7-11-18-9-5-4-6-10-18/h4-6,8-10,12-14,16-17,29H,3,7,11,15H2,1-2H3/q+1/b27-25+. The Morgan fingerprint density at radius 3 is 2.56 bits per heavy atom. The molecule has 32 heavy (non-hydrogen) atoms. The van der Waals surface area contributed by atoms with Crippen molar-refractivity contribution >= 4 is 28.6 Å². The molecule has 1 heterocycles. The number of ether oxygens (including phenoxy) is 2. The number of nitrogens with zero attached hydrogens (tertiary/aromatic N) is 1. The maximum absolute atomic E-state index is 12.9. The summed E-state index contributed by atoms with van der Waals surface area (Å²) in [5, 5.41) is 12.4. The van der Waals surface area contributed by atoms with Gasteiger partial charge in [0.05, 0.1) is 18.8 Å². The molecular formula is C26H26NO4S+. The molecule has 0 spiro atoms. The lowest BCUT2D eigenvalue weighted by molar-refractivity contribution is -0.753. The van der Waals surface area contributed by atoms with Crippen molar-refractivity contribution in [3.8, 4) is 5.75 Å². The van der Waals surface area contributed by atoms with Crippen LogP contribution >= 0.6 is 11.3 Å². The van der Waals surface area contributed by atoms with Crippen molar-refractivity contribution in [2.75, 3.05) is 20.3 Å². The number of aryl methyl sites for hydroxylation is 1. The van der Waals surface area contributed by atoms with Gasteiger partial charge in [-0.3, -0.25) is 5.21 Å². The van der Waals surface area contributed by atoms with Crippen molar-refractivity contribution in [1.29, 1.82) is 0 Å². The molecule has 1 N–H and O–H groups in total. The molecule has 0 saturated heterocycles. The zero-order valence-corrected chi connectivity index (χ0v) is 19.0. The third-order valence-electron chi connectivity index (χ3n) is 5.29. The van der Waals surface area contributed by atoms with Gasteiger partial charge in [-0.15, -0.1) is 11.3 Å². The highest BCUT2D eigenvalue weighted by molar-refractivity contribution is 7.11. The summed E-state index contributed by atoms with van der Waals surface area (Å²) in [6.07, 6.45) is 1.84. The van der Waals surface area contributed by atoms with Gasteiger partial charge in [-0.25, -0.2) is 4.79 Å². The Bertz CT molecular complexity index is 1160. The molecule has 6 heteroatoms. The number of rotatable bonds is 8. The van der Waals surface area contributed by atoms with E-state index >= 15 is 0 Å². The second-order valence-corrected chi connectivity index (χ2v) is 8.41. The molecule has 0 atom stereocenters. The minimum Gasteiger partial charge on any atom is -0.494 e. The summed E-state index contributed by atoms with van der Waals surface area (Å²) in [5.41, 5.74) is 4.49. The molecule has 4 rings (SSSR count). The maximum atomic E-state index is 12.9. The lowest BCUT2D eigenvalue weighted by atomic mass is 10.0. The monoisotopic (exact) mass is 448 g/mol. The minimum atomic E-state index is -0.451. The molecule has 0 radical (unpaired) electrons. The predicted octanol–water partition coefficient (Wildman–Crippen LogP) is 4.96. The lowest BCUT2D eigenvalue weighted by Crippen LogP contribution is -2.22. The fourth-order valence-electron chi connectivity index (χ4n) is 3.94. The second kappa shape index (κ2) is 9.83. The maximum Gasteiger partial charge on any atom is 0.345 e. The van der Waals surface area contributed by atoms with Crippen molar-refractivity contribution in [1.82, 2.24) is 0 Å². The van der Waals surface area contributed by atoms with Crippen molar-refractivity contribution in [2.45, 2.75) is 19.8 Å². The molecule has 2 aromatic carbocycles. The van der Waals surface area contributed by atoms with E-state index in [0.717, 1.165) is 39.2 Å². The van der Waals surface area contributed by atoms with Crippen molar-refractivity contribution in [3.05, 3.63) is 93.2 Å². The first-order valence-corrected chi connectivity index (χ1v) is 11.5. The molecular weight excluding hydrogens is 422 g/mol. The molecule has 0 fully saturated rings. The van der Waals surface area contributed by atoms with Crippen LogP contribution in [0.2, 0.25) is 0 Å². The van der Waals surface area contributed by atoms with Gasteiger partial charge in [0, 0.05) is 10.5 Å². The summed E-state index contributed by atoms with van der Waals surface area (Å²) in [6, 6.07) is 20.0. The van der Waals surface area contributed by atoms with Crippen LogP contribution in [0.25, 0.3) is 5.57 Å². The molecule has 0 unspecified atom stereocenters. The molecule has 0 bridgehead atoms. The van der Waals surface area contributed by atoms with Gasteiger partial charge in [0.25, 0.3) is 5.71 Å². The molecule has 0 amide bonds. The Kier molecular flexibility index (Phi) is 6.71. The van der Waals surface area contributed by atoms with E-state index in [2.05, 4.69) is 12.1 Å². The van der Waals surface area contributed by atoms with Gasteiger partial charge in [0.1, 0.15) is 11.3 Å². The summed E-state index contributed by atoms with van der Waals surface area (Å²) < 4.78 is 12.3. The van der Waals surface area contributed by atoms with Crippen LogP contribution in [-0.4, -0.2) is 41.9 Å². The van der Waals surface area contributed by atoms with Gasteiger partial charge < -0.3 is 9.47 Å². The molecule has 0 aliphatic heterocycles. The number of benzene rings is 2. The highest BCUT2D eigenvalue weighted by atomic mass is 32.1. The Labute approximate surface area is 191 Å². The fourth-order valence-corrected chi connectivity index (χ4v) is 4.73. The van der Waals surface area contributed by atoms with Crippen LogP contribution in [0, 0.1) is 0 Å². The molecule has 0 saturated carbocycles. The Balaban J connectivity index is 1.62.